The topological polar surface area (TPSA) is 26.3 Å². The van der Waals surface area contributed by atoms with Gasteiger partial charge in [0.2, 0.25) is 0 Å². The van der Waals surface area contributed by atoms with Gasteiger partial charge >= 0.3 is 0 Å². The van der Waals surface area contributed by atoms with Crippen molar-refractivity contribution in [3.63, 3.8) is 0 Å². The van der Waals surface area contributed by atoms with Crippen LogP contribution in [0.15, 0.2) is 30.3 Å². The lowest BCUT2D eigenvalue weighted by molar-refractivity contribution is -0.143. The molecular formula is C15H20O2. The van der Waals surface area contributed by atoms with E-state index in [1.54, 1.807) is 0 Å². The first-order valence-electron chi connectivity index (χ1n) is 6.39. The minimum absolute atomic E-state index is 0.0508. The Balaban J connectivity index is 1.92. The summed E-state index contributed by atoms with van der Waals surface area (Å²) in [6, 6.07) is 10.4. The Morgan fingerprint density at radius 3 is 2.65 bits per heavy atom. The predicted molar refractivity (Wildman–Crippen MR) is 67.9 cm³/mol. The van der Waals surface area contributed by atoms with Crippen molar-refractivity contribution < 1.29 is 9.53 Å². The monoisotopic (exact) mass is 232 g/mol. The van der Waals surface area contributed by atoms with Crippen LogP contribution in [0.25, 0.3) is 0 Å². The van der Waals surface area contributed by atoms with Gasteiger partial charge in [-0.2, -0.15) is 0 Å². The van der Waals surface area contributed by atoms with E-state index in [0.29, 0.717) is 12.2 Å². The highest BCUT2D eigenvalue weighted by Crippen LogP contribution is 2.25. The van der Waals surface area contributed by atoms with E-state index in [2.05, 4.69) is 12.1 Å². The van der Waals surface area contributed by atoms with Gasteiger partial charge in [-0.3, -0.25) is 4.79 Å². The van der Waals surface area contributed by atoms with Gasteiger partial charge in [0.05, 0.1) is 12.2 Å². The summed E-state index contributed by atoms with van der Waals surface area (Å²) in [5, 5.41) is 0. The largest absolute Gasteiger partial charge is 0.374 e. The van der Waals surface area contributed by atoms with Crippen LogP contribution in [0.4, 0.5) is 0 Å². The van der Waals surface area contributed by atoms with Crippen LogP contribution in [0.3, 0.4) is 0 Å². The molecule has 2 nitrogen and oxygen atoms in total. The normalized spacial score (nSPS) is 29.3. The summed E-state index contributed by atoms with van der Waals surface area (Å²) in [5.74, 6) is 0.400. The molecule has 1 heterocycles. The molecule has 0 amide bonds. The zero-order valence-corrected chi connectivity index (χ0v) is 10.6. The first kappa shape index (κ1) is 12.3. The van der Waals surface area contributed by atoms with Crippen LogP contribution in [0.5, 0.6) is 0 Å². The maximum atomic E-state index is 11.7. The zero-order chi connectivity index (χ0) is 12.3. The van der Waals surface area contributed by atoms with E-state index < -0.39 is 0 Å². The molecule has 0 N–H and O–H groups in total. The Labute approximate surface area is 103 Å². The molecule has 1 aromatic carbocycles. The van der Waals surface area contributed by atoms with E-state index in [4.69, 9.17) is 4.74 Å². The Bertz CT molecular complexity index is 372. The molecule has 0 radical (unpaired) electrons. The number of rotatable bonds is 3. The third-order valence-corrected chi connectivity index (χ3v) is 3.52. The molecule has 1 aliphatic rings. The third-order valence-electron chi connectivity index (χ3n) is 3.52. The standard InChI is InChI=1S/C15H20O2/c1-11-10-14(16)12(2)15(17-11)9-8-13-6-4-3-5-7-13/h3-7,11-12,15H,8-10H2,1-2H3/t11-,12+,15+/m1/s1. The second-order valence-corrected chi connectivity index (χ2v) is 4.97. The molecule has 0 aliphatic carbocycles. The van der Waals surface area contributed by atoms with Gasteiger partial charge in [-0.25, -0.2) is 0 Å². The number of aryl methyl sites for hydroxylation is 1. The van der Waals surface area contributed by atoms with Crippen molar-refractivity contribution in [1.82, 2.24) is 0 Å². The Morgan fingerprint density at radius 1 is 1.24 bits per heavy atom. The van der Waals surface area contributed by atoms with Crippen molar-refractivity contribution in [2.24, 2.45) is 5.92 Å². The van der Waals surface area contributed by atoms with Crippen molar-refractivity contribution in [2.45, 2.75) is 45.3 Å². The van der Waals surface area contributed by atoms with Gasteiger partial charge in [-0.1, -0.05) is 37.3 Å². The first-order valence-corrected chi connectivity index (χ1v) is 6.39. The van der Waals surface area contributed by atoms with E-state index in [0.717, 1.165) is 12.8 Å². The fraction of sp³-hybridized carbons (Fsp3) is 0.533. The summed E-state index contributed by atoms with van der Waals surface area (Å²) in [6.45, 7) is 3.98. The Morgan fingerprint density at radius 2 is 1.94 bits per heavy atom. The molecule has 2 rings (SSSR count). The number of ketones is 1. The second-order valence-electron chi connectivity index (χ2n) is 4.97. The molecular weight excluding hydrogens is 212 g/mol. The van der Waals surface area contributed by atoms with E-state index in [1.165, 1.54) is 5.56 Å². The van der Waals surface area contributed by atoms with Crippen molar-refractivity contribution in [3.05, 3.63) is 35.9 Å². The van der Waals surface area contributed by atoms with Crippen molar-refractivity contribution >= 4 is 5.78 Å². The maximum Gasteiger partial charge on any atom is 0.140 e. The van der Waals surface area contributed by atoms with E-state index in [9.17, 15) is 4.79 Å². The van der Waals surface area contributed by atoms with E-state index in [1.807, 2.05) is 32.0 Å². The average molecular weight is 232 g/mol. The molecule has 92 valence electrons. The lowest BCUT2D eigenvalue weighted by Gasteiger charge is -2.32. The fourth-order valence-electron chi connectivity index (χ4n) is 2.41. The Kier molecular flexibility index (Phi) is 3.95. The van der Waals surface area contributed by atoms with Crippen molar-refractivity contribution in [2.75, 3.05) is 0 Å². The molecule has 0 spiro atoms. The molecule has 17 heavy (non-hydrogen) atoms. The molecule has 2 heteroatoms. The number of Topliss-reactive ketones (excluding diaryl/α,β-unsaturated/α-hetero) is 1. The molecule has 1 saturated heterocycles. The van der Waals surface area contributed by atoms with Gasteiger partial charge in [0, 0.05) is 12.3 Å². The molecule has 1 aromatic rings. The summed E-state index contributed by atoms with van der Waals surface area (Å²) in [6.07, 6.45) is 2.66. The van der Waals surface area contributed by atoms with Crippen LogP contribution < -0.4 is 0 Å². The van der Waals surface area contributed by atoms with Crippen LogP contribution in [-0.2, 0) is 16.0 Å². The smallest absolute Gasteiger partial charge is 0.140 e. The molecule has 1 fully saturated rings. The third kappa shape index (κ3) is 3.16. The SMILES string of the molecule is C[C@@H]1CC(=O)[C@H](C)[C@H](CCc2ccccc2)O1. The van der Waals surface area contributed by atoms with E-state index in [-0.39, 0.29) is 18.1 Å². The molecule has 0 saturated carbocycles. The summed E-state index contributed by atoms with van der Waals surface area (Å²) in [4.78, 5) is 11.7. The van der Waals surface area contributed by atoms with Crippen LogP contribution in [-0.4, -0.2) is 18.0 Å². The van der Waals surface area contributed by atoms with Gasteiger partial charge in [-0.15, -0.1) is 0 Å². The highest BCUT2D eigenvalue weighted by Gasteiger charge is 2.32. The average Bonchev–Trinajstić information content (AvgIpc) is 2.33. The van der Waals surface area contributed by atoms with Gasteiger partial charge in [0.15, 0.2) is 0 Å². The summed E-state index contributed by atoms with van der Waals surface area (Å²) in [5.41, 5.74) is 1.31. The number of carbonyl (C=O) groups is 1. The first-order chi connectivity index (χ1) is 8.16. The van der Waals surface area contributed by atoms with Gasteiger partial charge in [0.25, 0.3) is 0 Å². The molecule has 3 atom stereocenters. The number of hydrogen-bond acceptors (Lipinski definition) is 2. The molecule has 0 aromatic heterocycles. The summed E-state index contributed by atoms with van der Waals surface area (Å²) in [7, 11) is 0. The fourth-order valence-corrected chi connectivity index (χ4v) is 2.41. The van der Waals surface area contributed by atoms with Crippen LogP contribution >= 0.6 is 0 Å². The highest BCUT2D eigenvalue weighted by atomic mass is 16.5. The zero-order valence-electron chi connectivity index (χ0n) is 10.6. The molecule has 0 bridgehead atoms. The number of benzene rings is 1. The number of hydrogen-bond donors (Lipinski definition) is 0. The van der Waals surface area contributed by atoms with E-state index >= 15 is 0 Å². The Hall–Kier alpha value is -1.15. The van der Waals surface area contributed by atoms with Crippen LogP contribution in [0.1, 0.15) is 32.3 Å². The summed E-state index contributed by atoms with van der Waals surface area (Å²) >= 11 is 0. The van der Waals surface area contributed by atoms with Gasteiger partial charge < -0.3 is 4.74 Å². The van der Waals surface area contributed by atoms with Crippen LogP contribution in [0, 0.1) is 5.92 Å². The number of ether oxygens (including phenoxy) is 1. The minimum Gasteiger partial charge on any atom is -0.374 e. The minimum atomic E-state index is 0.0508. The number of carbonyl (C=O) groups excluding carboxylic acids is 1. The molecule has 0 unspecified atom stereocenters. The summed E-state index contributed by atoms with van der Waals surface area (Å²) < 4.78 is 5.87. The maximum absolute atomic E-state index is 11.7. The van der Waals surface area contributed by atoms with Gasteiger partial charge in [-0.05, 0) is 25.3 Å². The van der Waals surface area contributed by atoms with Crippen LogP contribution in [0.2, 0.25) is 0 Å². The lowest BCUT2D eigenvalue weighted by Crippen LogP contribution is -2.39. The van der Waals surface area contributed by atoms with Crippen molar-refractivity contribution in [1.29, 1.82) is 0 Å². The van der Waals surface area contributed by atoms with Crippen molar-refractivity contribution in [3.8, 4) is 0 Å². The predicted octanol–water partition coefficient (Wildman–Crippen LogP) is 3.00. The lowest BCUT2D eigenvalue weighted by atomic mass is 9.89. The quantitative estimate of drug-likeness (QED) is 0.800. The second kappa shape index (κ2) is 5.46. The highest BCUT2D eigenvalue weighted by molar-refractivity contribution is 5.82. The molecule has 1 aliphatic heterocycles. The van der Waals surface area contributed by atoms with Gasteiger partial charge in [0.1, 0.15) is 5.78 Å².